The maximum atomic E-state index is 2.53. The molecule has 0 saturated carbocycles. The van der Waals surface area contributed by atoms with Gasteiger partial charge in [0.25, 0.3) is 0 Å². The van der Waals surface area contributed by atoms with Crippen LogP contribution in [0.4, 0.5) is 34.1 Å². The molecule has 0 unspecified atom stereocenters. The van der Waals surface area contributed by atoms with Crippen molar-refractivity contribution in [2.45, 2.75) is 0 Å². The van der Waals surface area contributed by atoms with Crippen molar-refractivity contribution in [1.82, 2.24) is 9.13 Å². The number of fused-ring (bicyclic) bond motifs is 11. The summed E-state index contributed by atoms with van der Waals surface area (Å²) in [6.45, 7) is 0. The highest BCUT2D eigenvalue weighted by Crippen LogP contribution is 2.48. The zero-order valence-electron chi connectivity index (χ0n) is 41.0. The molecule has 16 aromatic rings. The van der Waals surface area contributed by atoms with Crippen LogP contribution in [0.1, 0.15) is 0 Å². The van der Waals surface area contributed by atoms with Crippen LogP contribution in [0.25, 0.3) is 107 Å². The van der Waals surface area contributed by atoms with Crippen molar-refractivity contribution in [3.05, 3.63) is 266 Å². The zero-order valence-corrected chi connectivity index (χ0v) is 42.6. The van der Waals surface area contributed by atoms with E-state index in [1.54, 1.807) is 22.7 Å². The molecule has 4 nitrogen and oxygen atoms in total. The van der Waals surface area contributed by atoms with Crippen molar-refractivity contribution in [3.8, 4) is 11.4 Å². The first-order chi connectivity index (χ1) is 37.7. The average Bonchev–Trinajstić information content (AvgIpc) is 4.37. The lowest BCUT2D eigenvalue weighted by Gasteiger charge is -2.28. The minimum Gasteiger partial charge on any atom is -0.309 e. The smallest absolute Gasteiger partial charge is 0.0804 e. The molecular weight excluding hydrogens is 961 g/mol. The SMILES string of the molecule is c1ccc2c(N(c3ccc(-n4c5cc6ccsc6cc5c5c4c4cc6sccc6cc4n5-c4ccc(N(c5cccc6ccccc56)c5cccc6ccccc56)cc4)cc3)c3cccc4ccccc34)cccc2c1. The Hall–Kier alpha value is -9.46. The first-order valence-corrected chi connectivity index (χ1v) is 27.6. The van der Waals surface area contributed by atoms with Crippen molar-refractivity contribution in [2.24, 2.45) is 0 Å². The normalized spacial score (nSPS) is 11.9. The number of thiophene rings is 2. The van der Waals surface area contributed by atoms with Gasteiger partial charge in [-0.05, 0) is 152 Å². The van der Waals surface area contributed by atoms with Crippen molar-refractivity contribution in [3.63, 3.8) is 0 Å². The van der Waals surface area contributed by atoms with E-state index in [9.17, 15) is 0 Å². The lowest BCUT2D eigenvalue weighted by atomic mass is 10.0. The number of benzene rings is 12. The Labute approximate surface area is 446 Å². The third-order valence-corrected chi connectivity index (χ3v) is 17.3. The van der Waals surface area contributed by atoms with Gasteiger partial charge in [0.1, 0.15) is 0 Å². The molecule has 0 bridgehead atoms. The van der Waals surface area contributed by atoms with Crippen molar-refractivity contribution < 1.29 is 0 Å². The molecule has 16 rings (SSSR count). The van der Waals surface area contributed by atoms with Gasteiger partial charge in [-0.15, -0.1) is 22.7 Å². The summed E-state index contributed by atoms with van der Waals surface area (Å²) >= 11 is 3.61. The van der Waals surface area contributed by atoms with Crippen LogP contribution in [0.15, 0.2) is 266 Å². The molecule has 6 heteroatoms. The van der Waals surface area contributed by atoms with E-state index in [0.717, 1.165) is 45.5 Å². The minimum absolute atomic E-state index is 1.09. The Kier molecular flexibility index (Phi) is 9.64. The fourth-order valence-electron chi connectivity index (χ4n) is 12.2. The highest BCUT2D eigenvalue weighted by molar-refractivity contribution is 7.17. The Balaban J connectivity index is 0.918. The van der Waals surface area contributed by atoms with Crippen molar-refractivity contribution in [1.29, 1.82) is 0 Å². The summed E-state index contributed by atoms with van der Waals surface area (Å²) < 4.78 is 7.61. The number of hydrogen-bond acceptors (Lipinski definition) is 4. The van der Waals surface area contributed by atoms with Gasteiger partial charge in [0.05, 0.1) is 44.8 Å². The molecule has 0 saturated heterocycles. The molecule has 0 N–H and O–H groups in total. The summed E-state index contributed by atoms with van der Waals surface area (Å²) in [7, 11) is 0. The Morgan fingerprint density at radius 1 is 0.263 bits per heavy atom. The average molecular weight is 1010 g/mol. The largest absolute Gasteiger partial charge is 0.309 e. The van der Waals surface area contributed by atoms with Gasteiger partial charge in [-0.2, -0.15) is 0 Å². The molecule has 0 atom stereocenters. The summed E-state index contributed by atoms with van der Waals surface area (Å²) in [5.74, 6) is 0. The third-order valence-electron chi connectivity index (χ3n) is 15.6. The van der Waals surface area contributed by atoms with Crippen molar-refractivity contribution in [2.75, 3.05) is 9.80 Å². The molecule has 4 heterocycles. The van der Waals surface area contributed by atoms with E-state index < -0.39 is 0 Å². The topological polar surface area (TPSA) is 16.3 Å². The summed E-state index contributed by atoms with van der Waals surface area (Å²) in [4.78, 5) is 4.88. The Bertz CT molecular complexity index is 4470. The number of hydrogen-bond donors (Lipinski definition) is 0. The third kappa shape index (κ3) is 6.61. The molecular formula is C70H44N4S2. The fourth-order valence-corrected chi connectivity index (χ4v) is 13.8. The van der Waals surface area contributed by atoms with E-state index in [0.29, 0.717) is 0 Å². The maximum Gasteiger partial charge on any atom is 0.0804 e. The van der Waals surface area contributed by atoms with E-state index in [4.69, 9.17) is 0 Å². The number of aromatic nitrogens is 2. The minimum atomic E-state index is 1.09. The van der Waals surface area contributed by atoms with E-state index >= 15 is 0 Å². The van der Waals surface area contributed by atoms with Gasteiger partial charge in [0, 0.05) is 64.5 Å². The van der Waals surface area contributed by atoms with Gasteiger partial charge in [0.15, 0.2) is 0 Å². The highest BCUT2D eigenvalue weighted by atomic mass is 32.1. The van der Waals surface area contributed by atoms with Gasteiger partial charge in [0.2, 0.25) is 0 Å². The molecule has 76 heavy (non-hydrogen) atoms. The molecule has 0 aliphatic rings. The molecule has 0 aliphatic heterocycles. The standard InChI is InChI=1S/C70H44N4S2/c1-5-21-55-45(13-1)17-9-25-61(55)71(62-26-10-18-46-14-2-6-22-56(46)62)51-29-33-53(34-30-51)73-65-41-49-37-39-75-67(49)43-59(65)70-69(73)60-44-68-50(38-40-76-68)42-66(60)74(70)54-35-31-52(32-36-54)72(63-27-11-19-47-15-3-7-23-57(47)63)64-28-12-20-48-16-4-8-24-58(48)64/h1-44H. The second-order valence-electron chi connectivity index (χ2n) is 19.7. The number of nitrogens with zero attached hydrogens (tertiary/aromatic N) is 4. The number of rotatable bonds is 8. The van der Waals surface area contributed by atoms with Gasteiger partial charge in [-0.3, -0.25) is 0 Å². The lowest BCUT2D eigenvalue weighted by Crippen LogP contribution is -2.11. The van der Waals surface area contributed by atoms with Crippen LogP contribution in [0.5, 0.6) is 0 Å². The fraction of sp³-hybridized carbons (Fsp3) is 0. The van der Waals surface area contributed by atoms with Crippen LogP contribution in [0.3, 0.4) is 0 Å². The first-order valence-electron chi connectivity index (χ1n) is 25.8. The monoisotopic (exact) mass is 1000 g/mol. The van der Waals surface area contributed by atoms with Crippen LogP contribution in [-0.2, 0) is 0 Å². The van der Waals surface area contributed by atoms with Gasteiger partial charge in [-0.1, -0.05) is 146 Å². The molecule has 0 fully saturated rings. The van der Waals surface area contributed by atoms with Crippen LogP contribution < -0.4 is 9.80 Å². The van der Waals surface area contributed by atoms with E-state index in [1.165, 1.54) is 96.1 Å². The van der Waals surface area contributed by atoms with Gasteiger partial charge in [-0.25, -0.2) is 0 Å². The van der Waals surface area contributed by atoms with Gasteiger partial charge >= 0.3 is 0 Å². The first kappa shape index (κ1) is 43.0. The van der Waals surface area contributed by atoms with Crippen LogP contribution in [0, 0.1) is 0 Å². The molecule has 0 aliphatic carbocycles. The van der Waals surface area contributed by atoms with Crippen LogP contribution in [-0.4, -0.2) is 9.13 Å². The lowest BCUT2D eigenvalue weighted by molar-refractivity contribution is 1.17. The van der Waals surface area contributed by atoms with Crippen LogP contribution in [0.2, 0.25) is 0 Å². The quantitative estimate of drug-likeness (QED) is 0.151. The molecule has 0 spiro atoms. The Morgan fingerprint density at radius 2 is 0.579 bits per heavy atom. The van der Waals surface area contributed by atoms with E-state index in [-0.39, 0.29) is 0 Å². The molecule has 0 radical (unpaired) electrons. The predicted molar refractivity (Wildman–Crippen MR) is 328 cm³/mol. The van der Waals surface area contributed by atoms with E-state index in [2.05, 4.69) is 284 Å². The summed E-state index contributed by atoms with van der Waals surface area (Å²) in [5.41, 5.74) is 13.7. The van der Waals surface area contributed by atoms with Gasteiger partial charge < -0.3 is 18.9 Å². The second kappa shape index (κ2) is 17.0. The van der Waals surface area contributed by atoms with E-state index in [1.807, 2.05) is 0 Å². The predicted octanol–water partition coefficient (Wildman–Crippen LogP) is 20.7. The summed E-state index contributed by atoms with van der Waals surface area (Å²) in [6, 6.07) is 94.2. The molecule has 4 aromatic heterocycles. The maximum absolute atomic E-state index is 2.53. The highest BCUT2D eigenvalue weighted by Gasteiger charge is 2.26. The number of anilines is 6. The summed E-state index contributed by atoms with van der Waals surface area (Å²) in [6.07, 6.45) is 0. The zero-order chi connectivity index (χ0) is 49.8. The van der Waals surface area contributed by atoms with Crippen LogP contribution >= 0.6 is 22.7 Å². The molecule has 12 aromatic carbocycles. The second-order valence-corrected chi connectivity index (χ2v) is 21.6. The Morgan fingerprint density at radius 3 is 0.921 bits per heavy atom. The molecule has 0 amide bonds. The molecule has 356 valence electrons. The summed E-state index contributed by atoms with van der Waals surface area (Å²) in [5, 5.41) is 19.0. The van der Waals surface area contributed by atoms with Crippen molar-refractivity contribution >= 4 is 153 Å².